The second kappa shape index (κ2) is 7.81. The van der Waals surface area contributed by atoms with Crippen LogP contribution in [0.1, 0.15) is 5.56 Å². The summed E-state index contributed by atoms with van der Waals surface area (Å²) < 4.78 is 28.1. The molecule has 0 saturated heterocycles. The number of nitrogens with zero attached hydrogens (tertiary/aromatic N) is 1. The van der Waals surface area contributed by atoms with E-state index in [4.69, 9.17) is 11.6 Å². The molecule has 0 fully saturated rings. The van der Waals surface area contributed by atoms with E-state index in [0.717, 1.165) is 30.0 Å². The monoisotopic (exact) mass is 427 g/mol. The van der Waals surface area contributed by atoms with Gasteiger partial charge in [0.15, 0.2) is 0 Å². The second-order valence-corrected chi connectivity index (χ2v) is 7.69. The third kappa shape index (κ3) is 3.69. The highest BCUT2D eigenvalue weighted by atomic mass is 35.5. The summed E-state index contributed by atoms with van der Waals surface area (Å²) in [5, 5.41) is 0.531. The van der Waals surface area contributed by atoms with Crippen molar-refractivity contribution in [2.45, 2.75) is 4.90 Å². The van der Waals surface area contributed by atoms with Gasteiger partial charge in [-0.15, -0.1) is 0 Å². The van der Waals surface area contributed by atoms with Crippen LogP contribution >= 0.6 is 23.4 Å². The van der Waals surface area contributed by atoms with Crippen molar-refractivity contribution in [3.8, 4) is 0 Å². The second-order valence-electron chi connectivity index (χ2n) is 6.17. The predicted molar refractivity (Wildman–Crippen MR) is 110 cm³/mol. The molecule has 2 amide bonds. The number of hydrogen-bond donors (Lipinski definition) is 0. The summed E-state index contributed by atoms with van der Waals surface area (Å²) >= 11 is 6.99. The maximum Gasteiger partial charge on any atom is 0.273 e. The summed E-state index contributed by atoms with van der Waals surface area (Å²) in [7, 11) is 0. The first-order valence-corrected chi connectivity index (χ1v) is 9.72. The van der Waals surface area contributed by atoms with Crippen LogP contribution in [0, 0.1) is 11.6 Å². The minimum atomic E-state index is -0.863. The number of carbonyl (C=O) groups is 2. The van der Waals surface area contributed by atoms with Gasteiger partial charge in [0, 0.05) is 16.0 Å². The number of amides is 2. The van der Waals surface area contributed by atoms with Gasteiger partial charge in [0.25, 0.3) is 11.8 Å². The van der Waals surface area contributed by atoms with E-state index in [9.17, 15) is 18.4 Å². The smallest absolute Gasteiger partial charge is 0.268 e. The lowest BCUT2D eigenvalue weighted by Gasteiger charge is -2.16. The summed E-state index contributed by atoms with van der Waals surface area (Å²) in [6.07, 6.45) is 0. The SMILES string of the molecule is O=C1C(Sc2ccc(Cl)cc2)=C(c2ccccc2)C(=O)N1c1cc(F)ccc1F. The number of thioether (sulfide) groups is 1. The molecule has 3 nitrogen and oxygen atoms in total. The van der Waals surface area contributed by atoms with Crippen molar-refractivity contribution in [3.05, 3.63) is 99.9 Å². The average molecular weight is 428 g/mol. The van der Waals surface area contributed by atoms with Crippen molar-refractivity contribution in [2.24, 2.45) is 0 Å². The Morgan fingerprint density at radius 1 is 0.828 bits per heavy atom. The molecular formula is C22H12ClF2NO2S. The van der Waals surface area contributed by atoms with E-state index in [1.807, 2.05) is 0 Å². The van der Waals surface area contributed by atoms with Crippen molar-refractivity contribution in [2.75, 3.05) is 4.90 Å². The van der Waals surface area contributed by atoms with Crippen LogP contribution in [0.5, 0.6) is 0 Å². The van der Waals surface area contributed by atoms with E-state index in [0.29, 0.717) is 20.4 Å². The maximum atomic E-state index is 14.3. The zero-order valence-corrected chi connectivity index (χ0v) is 16.3. The van der Waals surface area contributed by atoms with E-state index in [2.05, 4.69) is 0 Å². The molecule has 4 rings (SSSR count). The summed E-state index contributed by atoms with van der Waals surface area (Å²) in [5.74, 6) is -3.03. The number of halogens is 3. The van der Waals surface area contributed by atoms with Crippen molar-refractivity contribution < 1.29 is 18.4 Å². The summed E-state index contributed by atoms with van der Waals surface area (Å²) in [5.41, 5.74) is 0.237. The molecule has 29 heavy (non-hydrogen) atoms. The molecule has 0 atom stereocenters. The van der Waals surface area contributed by atoms with E-state index in [1.54, 1.807) is 54.6 Å². The minimum Gasteiger partial charge on any atom is -0.268 e. The Labute approximate surface area is 174 Å². The van der Waals surface area contributed by atoms with Crippen molar-refractivity contribution in [1.29, 1.82) is 0 Å². The standard InChI is InChI=1S/C22H12ClF2NO2S/c23-14-6-9-16(10-7-14)29-20-19(13-4-2-1-3-5-13)21(27)26(22(20)28)18-12-15(24)8-11-17(18)25/h1-12H. The molecule has 7 heteroatoms. The highest BCUT2D eigenvalue weighted by Crippen LogP contribution is 2.42. The molecule has 0 radical (unpaired) electrons. The Balaban J connectivity index is 1.84. The quantitative estimate of drug-likeness (QED) is 0.501. The number of carbonyl (C=O) groups excluding carboxylic acids is 2. The van der Waals surface area contributed by atoms with Gasteiger partial charge in [-0.3, -0.25) is 9.59 Å². The fourth-order valence-corrected chi connectivity index (χ4v) is 4.08. The molecule has 0 spiro atoms. The molecule has 0 saturated carbocycles. The van der Waals surface area contributed by atoms with Gasteiger partial charge in [-0.05, 0) is 42.0 Å². The third-order valence-electron chi connectivity index (χ3n) is 4.29. The number of rotatable bonds is 4. The summed E-state index contributed by atoms with van der Waals surface area (Å²) in [4.78, 5) is 27.8. The van der Waals surface area contributed by atoms with Gasteiger partial charge in [0.2, 0.25) is 0 Å². The molecule has 0 unspecified atom stereocenters. The van der Waals surface area contributed by atoms with Crippen LogP contribution < -0.4 is 4.90 Å². The topological polar surface area (TPSA) is 37.4 Å². The lowest BCUT2D eigenvalue weighted by molar-refractivity contribution is -0.119. The minimum absolute atomic E-state index is 0.132. The van der Waals surface area contributed by atoms with E-state index in [1.165, 1.54) is 0 Å². The van der Waals surface area contributed by atoms with Crippen LogP contribution in [0.25, 0.3) is 5.57 Å². The number of benzene rings is 3. The van der Waals surface area contributed by atoms with Gasteiger partial charge >= 0.3 is 0 Å². The van der Waals surface area contributed by atoms with Crippen LogP contribution in [0.4, 0.5) is 14.5 Å². The molecule has 3 aromatic carbocycles. The first-order chi connectivity index (χ1) is 14.0. The molecule has 0 N–H and O–H groups in total. The molecule has 1 aliphatic rings. The molecule has 0 bridgehead atoms. The first-order valence-electron chi connectivity index (χ1n) is 8.52. The normalized spacial score (nSPS) is 14.1. The molecule has 0 aromatic heterocycles. The molecule has 3 aromatic rings. The van der Waals surface area contributed by atoms with Crippen LogP contribution in [0.2, 0.25) is 5.02 Å². The Morgan fingerprint density at radius 3 is 2.21 bits per heavy atom. The molecule has 1 aliphatic heterocycles. The highest BCUT2D eigenvalue weighted by Gasteiger charge is 2.41. The van der Waals surface area contributed by atoms with Crippen LogP contribution in [-0.2, 0) is 9.59 Å². The van der Waals surface area contributed by atoms with Gasteiger partial charge in [-0.25, -0.2) is 13.7 Å². The number of imide groups is 1. The van der Waals surface area contributed by atoms with Crippen molar-refractivity contribution >= 4 is 46.4 Å². The zero-order chi connectivity index (χ0) is 20.5. The fourth-order valence-electron chi connectivity index (χ4n) is 2.96. The lowest BCUT2D eigenvalue weighted by atomic mass is 10.1. The number of hydrogen-bond acceptors (Lipinski definition) is 3. The lowest BCUT2D eigenvalue weighted by Crippen LogP contribution is -2.32. The molecular weight excluding hydrogens is 416 g/mol. The van der Waals surface area contributed by atoms with Crippen molar-refractivity contribution in [1.82, 2.24) is 0 Å². The maximum absolute atomic E-state index is 14.3. The fraction of sp³-hybridized carbons (Fsp3) is 0. The molecule has 1 heterocycles. The highest BCUT2D eigenvalue weighted by molar-refractivity contribution is 8.04. The van der Waals surface area contributed by atoms with Gasteiger partial charge in [0.05, 0.1) is 16.2 Å². The number of anilines is 1. The van der Waals surface area contributed by atoms with Gasteiger partial charge in [-0.2, -0.15) is 0 Å². The first kappa shape index (κ1) is 19.4. The largest absolute Gasteiger partial charge is 0.273 e. The van der Waals surface area contributed by atoms with Gasteiger partial charge in [0.1, 0.15) is 11.6 Å². The zero-order valence-electron chi connectivity index (χ0n) is 14.7. The van der Waals surface area contributed by atoms with Gasteiger partial charge < -0.3 is 0 Å². The Kier molecular flexibility index (Phi) is 5.22. The molecule has 144 valence electrons. The van der Waals surface area contributed by atoms with E-state index >= 15 is 0 Å². The summed E-state index contributed by atoms with van der Waals surface area (Å²) in [6, 6.07) is 18.0. The van der Waals surface area contributed by atoms with E-state index in [-0.39, 0.29) is 10.5 Å². The van der Waals surface area contributed by atoms with Crippen LogP contribution in [0.3, 0.4) is 0 Å². The predicted octanol–water partition coefficient (Wildman–Crippen LogP) is 5.70. The average Bonchev–Trinajstić information content (AvgIpc) is 2.96. The van der Waals surface area contributed by atoms with E-state index < -0.39 is 29.1 Å². The van der Waals surface area contributed by atoms with Crippen LogP contribution in [-0.4, -0.2) is 11.8 Å². The Hall–Kier alpha value is -2.96. The van der Waals surface area contributed by atoms with Crippen molar-refractivity contribution in [3.63, 3.8) is 0 Å². The Morgan fingerprint density at radius 2 is 1.52 bits per heavy atom. The Bertz CT molecular complexity index is 1150. The third-order valence-corrected chi connectivity index (χ3v) is 5.63. The molecule has 0 aliphatic carbocycles. The van der Waals surface area contributed by atoms with Crippen LogP contribution in [0.15, 0.2) is 82.6 Å². The van der Waals surface area contributed by atoms with Gasteiger partial charge in [-0.1, -0.05) is 53.7 Å². The summed E-state index contributed by atoms with van der Waals surface area (Å²) in [6.45, 7) is 0.